The van der Waals surface area contributed by atoms with E-state index in [0.717, 1.165) is 5.82 Å². The molecule has 1 aliphatic heterocycles. The maximum absolute atomic E-state index is 13.7. The van der Waals surface area contributed by atoms with Gasteiger partial charge >= 0.3 is 0 Å². The molecule has 1 aromatic carbocycles. The second-order valence-electron chi connectivity index (χ2n) is 6.46. The summed E-state index contributed by atoms with van der Waals surface area (Å²) in [6, 6.07) is 7.77. The first-order valence-electron chi connectivity index (χ1n) is 8.67. The van der Waals surface area contributed by atoms with E-state index in [1.807, 2.05) is 6.07 Å². The van der Waals surface area contributed by atoms with Crippen molar-refractivity contribution < 1.29 is 14.0 Å². The first kappa shape index (κ1) is 19.1. The molecule has 2 heterocycles. The average Bonchev–Trinajstić information content (AvgIpc) is 2.65. The summed E-state index contributed by atoms with van der Waals surface area (Å²) in [5.41, 5.74) is 0.496. The lowest BCUT2D eigenvalue weighted by Crippen LogP contribution is -2.38. The van der Waals surface area contributed by atoms with Crippen LogP contribution in [0.3, 0.4) is 0 Å². The topological polar surface area (TPSA) is 74.3 Å². The molecule has 2 aromatic rings. The molecule has 3 rings (SSSR count). The number of anilines is 3. The molecule has 142 valence electrons. The molecule has 0 unspecified atom stereocenters. The molecular weight excluding hydrogens is 371 g/mol. The predicted octanol–water partition coefficient (Wildman–Crippen LogP) is 3.69. The molecule has 0 bridgehead atoms. The fraction of sp³-hybridized carbons (Fsp3) is 0.316. The quantitative estimate of drug-likeness (QED) is 0.835. The Kier molecular flexibility index (Phi) is 5.91. The minimum absolute atomic E-state index is 0.0453. The van der Waals surface area contributed by atoms with E-state index < -0.39 is 5.82 Å². The van der Waals surface area contributed by atoms with Crippen LogP contribution >= 0.6 is 11.6 Å². The van der Waals surface area contributed by atoms with Crippen molar-refractivity contribution in [2.45, 2.75) is 19.8 Å². The fourth-order valence-electron chi connectivity index (χ4n) is 3.06. The highest BCUT2D eigenvalue weighted by atomic mass is 35.5. The number of pyridine rings is 1. The van der Waals surface area contributed by atoms with Crippen molar-refractivity contribution in [3.63, 3.8) is 0 Å². The molecule has 0 saturated carbocycles. The second-order valence-corrected chi connectivity index (χ2v) is 6.90. The van der Waals surface area contributed by atoms with Crippen LogP contribution in [0.15, 0.2) is 36.5 Å². The number of benzene rings is 1. The summed E-state index contributed by atoms with van der Waals surface area (Å²) in [6.07, 6.45) is 2.99. The Labute approximate surface area is 161 Å². The summed E-state index contributed by atoms with van der Waals surface area (Å²) in [5, 5.41) is 5.80. The molecule has 1 fully saturated rings. The Bertz CT molecular complexity index is 836. The number of nitrogens with one attached hydrogen (secondary N) is 2. The molecule has 0 atom stereocenters. The van der Waals surface area contributed by atoms with E-state index in [0.29, 0.717) is 36.6 Å². The van der Waals surface area contributed by atoms with Gasteiger partial charge in [0.25, 0.3) is 0 Å². The summed E-state index contributed by atoms with van der Waals surface area (Å²) >= 11 is 5.86. The fourth-order valence-corrected chi connectivity index (χ4v) is 3.17. The van der Waals surface area contributed by atoms with E-state index >= 15 is 0 Å². The van der Waals surface area contributed by atoms with Crippen molar-refractivity contribution in [1.82, 2.24) is 4.98 Å². The van der Waals surface area contributed by atoms with Crippen LogP contribution in [0.25, 0.3) is 0 Å². The van der Waals surface area contributed by atoms with Gasteiger partial charge < -0.3 is 15.5 Å². The molecule has 0 aliphatic carbocycles. The van der Waals surface area contributed by atoms with Crippen LogP contribution in [-0.2, 0) is 9.59 Å². The van der Waals surface area contributed by atoms with Gasteiger partial charge in [0.05, 0.1) is 10.7 Å². The van der Waals surface area contributed by atoms with Gasteiger partial charge in [0.15, 0.2) is 0 Å². The summed E-state index contributed by atoms with van der Waals surface area (Å²) in [6.45, 7) is 2.73. The molecule has 2 N–H and O–H groups in total. The first-order valence-corrected chi connectivity index (χ1v) is 9.04. The zero-order valence-corrected chi connectivity index (χ0v) is 15.6. The SMILES string of the molecule is CC(=O)Nc1cc(NC(=O)C2CCN(c3ccc(Cl)cn3)CC2)ccc1F. The number of amides is 2. The van der Waals surface area contributed by atoms with Crippen molar-refractivity contribution in [2.24, 2.45) is 5.92 Å². The highest BCUT2D eigenvalue weighted by molar-refractivity contribution is 6.30. The number of nitrogens with zero attached hydrogens (tertiary/aromatic N) is 2. The molecule has 6 nitrogen and oxygen atoms in total. The molecule has 1 aliphatic rings. The summed E-state index contributed by atoms with van der Waals surface area (Å²) in [4.78, 5) is 30.1. The van der Waals surface area contributed by atoms with Crippen molar-refractivity contribution in [3.8, 4) is 0 Å². The lowest BCUT2D eigenvalue weighted by atomic mass is 9.95. The number of carbonyl (C=O) groups excluding carboxylic acids is 2. The average molecular weight is 391 g/mol. The molecule has 0 spiro atoms. The van der Waals surface area contributed by atoms with Crippen molar-refractivity contribution in [2.75, 3.05) is 28.6 Å². The second kappa shape index (κ2) is 8.35. The third-order valence-corrected chi connectivity index (χ3v) is 4.67. The van der Waals surface area contributed by atoms with Crippen LogP contribution in [-0.4, -0.2) is 29.9 Å². The minimum atomic E-state index is -0.549. The molecular formula is C19H20ClFN4O2. The lowest BCUT2D eigenvalue weighted by molar-refractivity contribution is -0.120. The van der Waals surface area contributed by atoms with Crippen LogP contribution in [0.1, 0.15) is 19.8 Å². The van der Waals surface area contributed by atoms with E-state index in [4.69, 9.17) is 11.6 Å². The number of hydrogen-bond acceptors (Lipinski definition) is 4. The smallest absolute Gasteiger partial charge is 0.227 e. The number of hydrogen-bond donors (Lipinski definition) is 2. The first-order chi connectivity index (χ1) is 12.9. The number of carbonyl (C=O) groups is 2. The van der Waals surface area contributed by atoms with Crippen LogP contribution in [0.5, 0.6) is 0 Å². The zero-order valence-electron chi connectivity index (χ0n) is 14.8. The van der Waals surface area contributed by atoms with Crippen LogP contribution in [0.2, 0.25) is 5.02 Å². The maximum atomic E-state index is 13.7. The van der Waals surface area contributed by atoms with Crippen molar-refractivity contribution >= 4 is 40.6 Å². The zero-order chi connectivity index (χ0) is 19.4. The van der Waals surface area contributed by atoms with Gasteiger partial charge in [-0.15, -0.1) is 0 Å². The summed E-state index contributed by atoms with van der Waals surface area (Å²) in [5.74, 6) is -0.328. The molecule has 27 heavy (non-hydrogen) atoms. The summed E-state index contributed by atoms with van der Waals surface area (Å²) in [7, 11) is 0. The van der Waals surface area contributed by atoms with Gasteiger partial charge in [-0.1, -0.05) is 11.6 Å². The van der Waals surface area contributed by atoms with Gasteiger partial charge in [0.2, 0.25) is 11.8 Å². The van der Waals surface area contributed by atoms with Crippen LogP contribution in [0.4, 0.5) is 21.6 Å². The third kappa shape index (κ3) is 4.95. The Morgan fingerprint density at radius 1 is 1.19 bits per heavy atom. The van der Waals surface area contributed by atoms with Gasteiger partial charge in [-0.2, -0.15) is 0 Å². The highest BCUT2D eigenvalue weighted by Crippen LogP contribution is 2.25. The Balaban J connectivity index is 1.58. The van der Waals surface area contributed by atoms with Crippen LogP contribution < -0.4 is 15.5 Å². The van der Waals surface area contributed by atoms with E-state index in [-0.39, 0.29) is 23.4 Å². The van der Waals surface area contributed by atoms with Crippen LogP contribution in [0, 0.1) is 11.7 Å². The largest absolute Gasteiger partial charge is 0.357 e. The van der Waals surface area contributed by atoms with Gasteiger partial charge in [-0.3, -0.25) is 9.59 Å². The van der Waals surface area contributed by atoms with Gasteiger partial charge in [0, 0.05) is 37.8 Å². The van der Waals surface area contributed by atoms with Gasteiger partial charge in [-0.25, -0.2) is 9.37 Å². The number of halogens is 2. The monoisotopic (exact) mass is 390 g/mol. The number of aromatic nitrogens is 1. The maximum Gasteiger partial charge on any atom is 0.227 e. The third-order valence-electron chi connectivity index (χ3n) is 4.45. The van der Waals surface area contributed by atoms with Crippen molar-refractivity contribution in [3.05, 3.63) is 47.4 Å². The molecule has 2 amide bonds. The molecule has 8 heteroatoms. The summed E-state index contributed by atoms with van der Waals surface area (Å²) < 4.78 is 13.7. The Hall–Kier alpha value is -2.67. The normalized spacial score (nSPS) is 14.7. The number of rotatable bonds is 4. The van der Waals surface area contributed by atoms with E-state index in [1.165, 1.54) is 25.1 Å². The number of piperidine rings is 1. The van der Waals surface area contributed by atoms with Gasteiger partial charge in [-0.05, 0) is 43.2 Å². The standard InChI is InChI=1S/C19H20ClFN4O2/c1-12(26)23-17-10-15(3-4-16(17)21)24-19(27)13-6-8-25(9-7-13)18-5-2-14(20)11-22-18/h2-5,10-11,13H,6-9H2,1H3,(H,23,26)(H,24,27). The molecule has 1 aromatic heterocycles. The van der Waals surface area contributed by atoms with E-state index in [2.05, 4.69) is 20.5 Å². The predicted molar refractivity (Wildman–Crippen MR) is 104 cm³/mol. The Morgan fingerprint density at radius 2 is 1.93 bits per heavy atom. The van der Waals surface area contributed by atoms with E-state index in [1.54, 1.807) is 12.3 Å². The van der Waals surface area contributed by atoms with Crippen molar-refractivity contribution in [1.29, 1.82) is 0 Å². The van der Waals surface area contributed by atoms with E-state index in [9.17, 15) is 14.0 Å². The minimum Gasteiger partial charge on any atom is -0.357 e. The highest BCUT2D eigenvalue weighted by Gasteiger charge is 2.25. The van der Waals surface area contributed by atoms with Gasteiger partial charge in [0.1, 0.15) is 11.6 Å². The molecule has 1 saturated heterocycles. The molecule has 0 radical (unpaired) electrons. The Morgan fingerprint density at radius 3 is 2.56 bits per heavy atom. The lowest BCUT2D eigenvalue weighted by Gasteiger charge is -2.32.